The molecule has 2 aromatic carbocycles. The van der Waals surface area contributed by atoms with Gasteiger partial charge in [-0.05, 0) is 47.1 Å². The molecule has 0 aliphatic heterocycles. The van der Waals surface area contributed by atoms with Crippen molar-refractivity contribution in [1.82, 2.24) is 0 Å². The van der Waals surface area contributed by atoms with Crippen LogP contribution in [0.3, 0.4) is 0 Å². The van der Waals surface area contributed by atoms with Crippen LogP contribution in [0.5, 0.6) is 11.5 Å². The lowest BCUT2D eigenvalue weighted by molar-refractivity contribution is 0.0694. The Morgan fingerprint density at radius 2 is 2.05 bits per heavy atom. The second-order valence-corrected chi connectivity index (χ2v) is 4.99. The maximum Gasteiger partial charge on any atom is 0.339 e. The SMILES string of the molecule is Cc1ccc(Oc2cccc(Br)c2C#N)c(C(=O)O)c1. The molecule has 0 saturated carbocycles. The zero-order valence-corrected chi connectivity index (χ0v) is 12.1. The highest BCUT2D eigenvalue weighted by molar-refractivity contribution is 9.10. The third-order valence-electron chi connectivity index (χ3n) is 2.67. The van der Waals surface area contributed by atoms with Crippen LogP contribution in [0, 0.1) is 18.3 Å². The summed E-state index contributed by atoms with van der Waals surface area (Å²) >= 11 is 3.26. The third kappa shape index (κ3) is 2.81. The number of hydrogen-bond acceptors (Lipinski definition) is 3. The molecule has 0 aromatic heterocycles. The zero-order chi connectivity index (χ0) is 14.7. The van der Waals surface area contributed by atoms with Gasteiger partial charge in [-0.2, -0.15) is 5.26 Å². The molecule has 0 bridgehead atoms. The maximum absolute atomic E-state index is 11.2. The zero-order valence-electron chi connectivity index (χ0n) is 10.6. The van der Waals surface area contributed by atoms with Crippen LogP contribution < -0.4 is 4.74 Å². The number of nitrogens with zero attached hydrogens (tertiary/aromatic N) is 1. The van der Waals surface area contributed by atoms with Crippen molar-refractivity contribution in [3.05, 3.63) is 57.6 Å². The van der Waals surface area contributed by atoms with Crippen molar-refractivity contribution in [2.45, 2.75) is 6.92 Å². The molecule has 0 unspecified atom stereocenters. The average molecular weight is 332 g/mol. The van der Waals surface area contributed by atoms with E-state index in [9.17, 15) is 9.90 Å². The first-order valence-electron chi connectivity index (χ1n) is 5.73. The van der Waals surface area contributed by atoms with Gasteiger partial charge in [0.25, 0.3) is 0 Å². The molecular formula is C15H10BrNO3. The number of carboxylic acids is 1. The summed E-state index contributed by atoms with van der Waals surface area (Å²) in [6.07, 6.45) is 0. The molecule has 1 N–H and O–H groups in total. The van der Waals surface area contributed by atoms with Gasteiger partial charge in [-0.1, -0.05) is 17.7 Å². The Labute approximate surface area is 124 Å². The van der Waals surface area contributed by atoms with Crippen molar-refractivity contribution in [3.63, 3.8) is 0 Å². The number of carboxylic acid groups (broad SMARTS) is 1. The van der Waals surface area contributed by atoms with Gasteiger partial charge in [0, 0.05) is 4.47 Å². The van der Waals surface area contributed by atoms with E-state index in [0.717, 1.165) is 5.56 Å². The normalized spacial score (nSPS) is 9.85. The Morgan fingerprint density at radius 3 is 2.70 bits per heavy atom. The van der Waals surface area contributed by atoms with E-state index in [2.05, 4.69) is 15.9 Å². The fourth-order valence-corrected chi connectivity index (χ4v) is 2.15. The molecule has 4 nitrogen and oxygen atoms in total. The lowest BCUT2D eigenvalue weighted by atomic mass is 10.1. The van der Waals surface area contributed by atoms with Crippen molar-refractivity contribution in [3.8, 4) is 17.6 Å². The first-order chi connectivity index (χ1) is 9.52. The molecule has 100 valence electrons. The highest BCUT2D eigenvalue weighted by Crippen LogP contribution is 2.32. The van der Waals surface area contributed by atoms with E-state index in [1.165, 1.54) is 6.07 Å². The summed E-state index contributed by atoms with van der Waals surface area (Å²) in [5.74, 6) is -0.553. The Morgan fingerprint density at radius 1 is 1.30 bits per heavy atom. The van der Waals surface area contributed by atoms with Crippen molar-refractivity contribution in [1.29, 1.82) is 5.26 Å². The molecule has 5 heteroatoms. The number of benzene rings is 2. The number of rotatable bonds is 3. The van der Waals surface area contributed by atoms with Crippen molar-refractivity contribution >= 4 is 21.9 Å². The minimum atomic E-state index is -1.07. The second-order valence-electron chi connectivity index (χ2n) is 4.13. The summed E-state index contributed by atoms with van der Waals surface area (Å²) in [4.78, 5) is 11.2. The van der Waals surface area contributed by atoms with Gasteiger partial charge in [-0.3, -0.25) is 0 Å². The summed E-state index contributed by atoms with van der Waals surface area (Å²) in [6.45, 7) is 1.80. The Bertz CT molecular complexity index is 720. The van der Waals surface area contributed by atoms with Crippen LogP contribution in [0.1, 0.15) is 21.5 Å². The van der Waals surface area contributed by atoms with Crippen LogP contribution in [0.4, 0.5) is 0 Å². The van der Waals surface area contributed by atoms with E-state index in [1.54, 1.807) is 37.3 Å². The molecule has 0 spiro atoms. The average Bonchev–Trinajstić information content (AvgIpc) is 2.41. The largest absolute Gasteiger partial charge is 0.478 e. The van der Waals surface area contributed by atoms with Crippen LogP contribution in [0.15, 0.2) is 40.9 Å². The number of aromatic carboxylic acids is 1. The predicted octanol–water partition coefficient (Wildman–Crippen LogP) is 4.12. The number of aryl methyl sites for hydroxylation is 1. The lowest BCUT2D eigenvalue weighted by Gasteiger charge is -2.11. The molecule has 0 saturated heterocycles. The van der Waals surface area contributed by atoms with Crippen molar-refractivity contribution in [2.24, 2.45) is 0 Å². The van der Waals surface area contributed by atoms with E-state index >= 15 is 0 Å². The first kappa shape index (κ1) is 14.1. The summed E-state index contributed by atoms with van der Waals surface area (Å²) in [5.41, 5.74) is 1.21. The van der Waals surface area contributed by atoms with Crippen LogP contribution in [-0.2, 0) is 0 Å². The molecule has 2 rings (SSSR count). The molecule has 2 aromatic rings. The summed E-state index contributed by atoms with van der Waals surface area (Å²) in [7, 11) is 0. The summed E-state index contributed by atoms with van der Waals surface area (Å²) in [5, 5.41) is 18.3. The number of hydrogen-bond donors (Lipinski definition) is 1. The van der Waals surface area contributed by atoms with Crippen LogP contribution in [0.25, 0.3) is 0 Å². The van der Waals surface area contributed by atoms with E-state index in [4.69, 9.17) is 10.00 Å². The van der Waals surface area contributed by atoms with Gasteiger partial charge in [0.2, 0.25) is 0 Å². The highest BCUT2D eigenvalue weighted by Gasteiger charge is 2.15. The Balaban J connectivity index is 2.49. The monoisotopic (exact) mass is 331 g/mol. The number of ether oxygens (including phenoxy) is 1. The minimum Gasteiger partial charge on any atom is -0.478 e. The molecule has 0 amide bonds. The van der Waals surface area contributed by atoms with Gasteiger partial charge >= 0.3 is 5.97 Å². The molecule has 0 radical (unpaired) electrons. The van der Waals surface area contributed by atoms with Gasteiger partial charge in [0.15, 0.2) is 0 Å². The van der Waals surface area contributed by atoms with E-state index in [0.29, 0.717) is 15.8 Å². The molecule has 20 heavy (non-hydrogen) atoms. The van der Waals surface area contributed by atoms with Gasteiger partial charge in [-0.15, -0.1) is 0 Å². The van der Waals surface area contributed by atoms with Crippen LogP contribution >= 0.6 is 15.9 Å². The molecule has 0 fully saturated rings. The fourth-order valence-electron chi connectivity index (χ4n) is 1.72. The lowest BCUT2D eigenvalue weighted by Crippen LogP contribution is -2.01. The molecule has 0 aliphatic rings. The van der Waals surface area contributed by atoms with Gasteiger partial charge in [0.05, 0.1) is 0 Å². The van der Waals surface area contributed by atoms with Gasteiger partial charge < -0.3 is 9.84 Å². The predicted molar refractivity (Wildman–Crippen MR) is 77.1 cm³/mol. The number of halogens is 1. The van der Waals surface area contributed by atoms with Crippen molar-refractivity contribution in [2.75, 3.05) is 0 Å². The summed E-state index contributed by atoms with van der Waals surface area (Å²) in [6, 6.07) is 12.0. The maximum atomic E-state index is 11.2. The van der Waals surface area contributed by atoms with Crippen molar-refractivity contribution < 1.29 is 14.6 Å². The van der Waals surface area contributed by atoms with Crippen LogP contribution in [-0.4, -0.2) is 11.1 Å². The second kappa shape index (κ2) is 5.76. The standard InChI is InChI=1S/C15H10BrNO3/c1-9-5-6-14(10(7-9)15(18)19)20-13-4-2-3-12(16)11(13)8-17/h2-7H,1H3,(H,18,19). The quantitative estimate of drug-likeness (QED) is 0.918. The third-order valence-corrected chi connectivity index (χ3v) is 3.33. The Kier molecular flexibility index (Phi) is 4.06. The molecular weight excluding hydrogens is 322 g/mol. The number of nitriles is 1. The van der Waals surface area contributed by atoms with E-state index in [1.807, 2.05) is 6.07 Å². The van der Waals surface area contributed by atoms with E-state index < -0.39 is 5.97 Å². The molecule has 0 atom stereocenters. The van der Waals surface area contributed by atoms with Gasteiger partial charge in [-0.25, -0.2) is 4.79 Å². The van der Waals surface area contributed by atoms with Gasteiger partial charge in [0.1, 0.15) is 28.7 Å². The molecule has 0 aliphatic carbocycles. The number of carbonyl (C=O) groups is 1. The summed E-state index contributed by atoms with van der Waals surface area (Å²) < 4.78 is 6.19. The Hall–Kier alpha value is -2.32. The first-order valence-corrected chi connectivity index (χ1v) is 6.52. The highest BCUT2D eigenvalue weighted by atomic mass is 79.9. The van der Waals surface area contributed by atoms with Crippen LogP contribution in [0.2, 0.25) is 0 Å². The molecule has 0 heterocycles. The minimum absolute atomic E-state index is 0.0638. The van der Waals surface area contributed by atoms with E-state index in [-0.39, 0.29) is 11.3 Å². The topological polar surface area (TPSA) is 70.3 Å². The smallest absolute Gasteiger partial charge is 0.339 e. The fraction of sp³-hybridized carbons (Fsp3) is 0.0667.